The summed E-state index contributed by atoms with van der Waals surface area (Å²) in [6, 6.07) is 1.44. The summed E-state index contributed by atoms with van der Waals surface area (Å²) in [5.41, 5.74) is 3.74. The van der Waals surface area contributed by atoms with Gasteiger partial charge in [0.2, 0.25) is 0 Å². The van der Waals surface area contributed by atoms with Crippen molar-refractivity contribution < 1.29 is 0 Å². The second kappa shape index (κ2) is 12.1. The first-order valence-electron chi connectivity index (χ1n) is 12.2. The largest absolute Gasteiger partial charge is 0.348 e. The van der Waals surface area contributed by atoms with E-state index in [-0.39, 0.29) is 0 Å². The molecule has 4 aromatic heterocycles. The Morgan fingerprint density at radius 1 is 0.583 bits per heavy atom. The van der Waals surface area contributed by atoms with Crippen molar-refractivity contribution in [2.24, 2.45) is 0 Å². The van der Waals surface area contributed by atoms with Crippen LogP contribution in [0.3, 0.4) is 0 Å². The van der Waals surface area contributed by atoms with Gasteiger partial charge in [-0.25, -0.2) is 9.97 Å². The van der Waals surface area contributed by atoms with E-state index in [0.717, 1.165) is 43.8 Å². The minimum absolute atomic E-state index is 0.360. The number of anilines is 2. The Balaban J connectivity index is 0.000000201. The SMILES string of the molecule is CSc1nnc(N(C(C)C)C(C)C)c2nc[nH]c12.CSc1nnc(N(C(C)C)C(C)C)c2nc[nH]c12. The van der Waals surface area contributed by atoms with Crippen LogP contribution in [0.15, 0.2) is 22.7 Å². The van der Waals surface area contributed by atoms with Crippen molar-refractivity contribution in [2.45, 2.75) is 89.6 Å². The lowest BCUT2D eigenvalue weighted by Gasteiger charge is -2.31. The van der Waals surface area contributed by atoms with Gasteiger partial charge in [-0.2, -0.15) is 0 Å². The molecule has 0 aliphatic heterocycles. The van der Waals surface area contributed by atoms with E-state index in [0.29, 0.717) is 24.2 Å². The highest BCUT2D eigenvalue weighted by Crippen LogP contribution is 2.30. The maximum atomic E-state index is 4.40. The van der Waals surface area contributed by atoms with Gasteiger partial charge >= 0.3 is 0 Å². The molecule has 196 valence electrons. The summed E-state index contributed by atoms with van der Waals surface area (Å²) in [6.45, 7) is 17.2. The average molecular weight is 531 g/mol. The number of rotatable bonds is 8. The summed E-state index contributed by atoms with van der Waals surface area (Å²) in [6.07, 6.45) is 7.39. The Bertz CT molecular complexity index is 1150. The summed E-state index contributed by atoms with van der Waals surface area (Å²) in [4.78, 5) is 19.6. The van der Waals surface area contributed by atoms with Gasteiger partial charge in [0, 0.05) is 24.2 Å². The lowest BCUT2D eigenvalue weighted by Crippen LogP contribution is -2.38. The molecule has 0 amide bonds. The molecule has 0 aliphatic carbocycles. The fourth-order valence-corrected chi connectivity index (χ4v) is 5.40. The Labute approximate surface area is 221 Å². The number of nitrogens with zero attached hydrogens (tertiary/aromatic N) is 8. The standard InChI is InChI=1S/2C12H19N5S/c2*1-7(2)17(8(3)4)11-9-10(14-6-13-9)12(18-5)16-15-11/h2*6-8H,1-5H3,(H,13,14). The second-order valence-electron chi connectivity index (χ2n) is 9.51. The number of thioether (sulfide) groups is 2. The summed E-state index contributed by atoms with van der Waals surface area (Å²) in [5.74, 6) is 1.71. The third-order valence-corrected chi connectivity index (χ3v) is 7.05. The number of nitrogens with one attached hydrogen (secondary N) is 2. The van der Waals surface area contributed by atoms with E-state index in [4.69, 9.17) is 0 Å². The van der Waals surface area contributed by atoms with Crippen LogP contribution in [0.4, 0.5) is 11.6 Å². The minimum atomic E-state index is 0.360. The minimum Gasteiger partial charge on any atom is -0.348 e. The molecule has 4 rings (SSSR count). The Morgan fingerprint density at radius 2 is 0.917 bits per heavy atom. The maximum Gasteiger partial charge on any atom is 0.180 e. The van der Waals surface area contributed by atoms with E-state index >= 15 is 0 Å². The molecule has 10 nitrogen and oxygen atoms in total. The van der Waals surface area contributed by atoms with Crippen molar-refractivity contribution in [1.29, 1.82) is 0 Å². The predicted octanol–water partition coefficient (Wildman–Crippen LogP) is 5.40. The fourth-order valence-electron chi connectivity index (χ4n) is 4.44. The number of H-pyrrole nitrogens is 2. The number of hydrogen-bond donors (Lipinski definition) is 2. The molecule has 0 bridgehead atoms. The third kappa shape index (κ3) is 5.69. The van der Waals surface area contributed by atoms with Crippen LogP contribution in [0.5, 0.6) is 0 Å². The van der Waals surface area contributed by atoms with E-state index in [1.54, 1.807) is 36.2 Å². The van der Waals surface area contributed by atoms with Crippen molar-refractivity contribution in [2.75, 3.05) is 22.3 Å². The van der Waals surface area contributed by atoms with Gasteiger partial charge < -0.3 is 19.8 Å². The quantitative estimate of drug-likeness (QED) is 0.287. The zero-order chi connectivity index (χ0) is 26.6. The van der Waals surface area contributed by atoms with Crippen LogP contribution in [0, 0.1) is 0 Å². The van der Waals surface area contributed by atoms with Gasteiger partial charge in [-0.05, 0) is 67.9 Å². The lowest BCUT2D eigenvalue weighted by atomic mass is 10.2. The Morgan fingerprint density at radius 3 is 1.19 bits per heavy atom. The molecule has 4 aromatic rings. The maximum absolute atomic E-state index is 4.40. The zero-order valence-corrected chi connectivity index (χ0v) is 24.5. The number of imidazole rings is 2. The highest BCUT2D eigenvalue weighted by Gasteiger charge is 2.22. The summed E-state index contributed by atoms with van der Waals surface area (Å²) >= 11 is 3.15. The number of aromatic nitrogens is 8. The zero-order valence-electron chi connectivity index (χ0n) is 22.9. The molecule has 0 unspecified atom stereocenters. The van der Waals surface area contributed by atoms with Crippen LogP contribution in [0.2, 0.25) is 0 Å². The summed E-state index contributed by atoms with van der Waals surface area (Å²) < 4.78 is 0. The van der Waals surface area contributed by atoms with Crippen LogP contribution in [-0.4, -0.2) is 77.0 Å². The molecule has 0 aromatic carbocycles. The first-order valence-corrected chi connectivity index (χ1v) is 14.6. The molecule has 36 heavy (non-hydrogen) atoms. The molecule has 0 fully saturated rings. The second-order valence-corrected chi connectivity index (χ2v) is 11.1. The lowest BCUT2D eigenvalue weighted by molar-refractivity contribution is 0.596. The normalized spacial score (nSPS) is 11.7. The van der Waals surface area contributed by atoms with Gasteiger partial charge in [0.15, 0.2) is 11.6 Å². The monoisotopic (exact) mass is 530 g/mol. The van der Waals surface area contributed by atoms with Gasteiger partial charge in [-0.1, -0.05) is 0 Å². The van der Waals surface area contributed by atoms with E-state index in [1.807, 2.05) is 12.5 Å². The van der Waals surface area contributed by atoms with Gasteiger partial charge in [0.1, 0.15) is 32.1 Å². The van der Waals surface area contributed by atoms with Gasteiger partial charge in [0.25, 0.3) is 0 Å². The summed E-state index contributed by atoms with van der Waals surface area (Å²) in [7, 11) is 0. The molecular formula is C24H38N10S2. The van der Waals surface area contributed by atoms with Crippen LogP contribution in [0.25, 0.3) is 22.1 Å². The Hall–Kier alpha value is -2.60. The number of fused-ring (bicyclic) bond motifs is 2. The molecule has 0 spiro atoms. The predicted molar refractivity (Wildman–Crippen MR) is 152 cm³/mol. The number of aromatic amines is 2. The van der Waals surface area contributed by atoms with Gasteiger partial charge in [0.05, 0.1) is 12.7 Å². The molecule has 0 atom stereocenters. The van der Waals surface area contributed by atoms with E-state index in [2.05, 4.69) is 106 Å². The van der Waals surface area contributed by atoms with Crippen molar-refractivity contribution in [3.63, 3.8) is 0 Å². The first-order chi connectivity index (χ1) is 17.1. The highest BCUT2D eigenvalue weighted by molar-refractivity contribution is 7.99. The van der Waals surface area contributed by atoms with Crippen molar-refractivity contribution in [3.05, 3.63) is 12.7 Å². The van der Waals surface area contributed by atoms with E-state index in [1.165, 1.54) is 0 Å². The smallest absolute Gasteiger partial charge is 0.180 e. The van der Waals surface area contributed by atoms with Gasteiger partial charge in [-0.15, -0.1) is 43.9 Å². The van der Waals surface area contributed by atoms with E-state index in [9.17, 15) is 0 Å². The summed E-state index contributed by atoms with van der Waals surface area (Å²) in [5, 5.41) is 19.1. The molecule has 0 saturated carbocycles. The van der Waals surface area contributed by atoms with E-state index < -0.39 is 0 Å². The molecule has 12 heteroatoms. The molecular weight excluding hydrogens is 492 g/mol. The van der Waals surface area contributed by atoms with Crippen LogP contribution < -0.4 is 9.80 Å². The fraction of sp³-hybridized carbons (Fsp3) is 0.583. The van der Waals surface area contributed by atoms with Crippen LogP contribution in [0.1, 0.15) is 55.4 Å². The van der Waals surface area contributed by atoms with Crippen LogP contribution >= 0.6 is 23.5 Å². The van der Waals surface area contributed by atoms with Crippen molar-refractivity contribution >= 4 is 57.2 Å². The van der Waals surface area contributed by atoms with Crippen molar-refractivity contribution in [3.8, 4) is 0 Å². The molecule has 0 saturated heterocycles. The highest BCUT2D eigenvalue weighted by atomic mass is 32.2. The molecule has 0 radical (unpaired) electrons. The average Bonchev–Trinajstić information content (AvgIpc) is 3.49. The van der Waals surface area contributed by atoms with Crippen LogP contribution in [-0.2, 0) is 0 Å². The third-order valence-electron chi connectivity index (χ3n) is 5.70. The first kappa shape index (κ1) is 28.0. The molecule has 2 N–H and O–H groups in total. The molecule has 4 heterocycles. The van der Waals surface area contributed by atoms with Crippen molar-refractivity contribution in [1.82, 2.24) is 40.3 Å². The Kier molecular flexibility index (Phi) is 9.40. The van der Waals surface area contributed by atoms with Gasteiger partial charge in [-0.3, -0.25) is 0 Å². The molecule has 0 aliphatic rings. The number of hydrogen-bond acceptors (Lipinski definition) is 10. The topological polar surface area (TPSA) is 115 Å².